The maximum absolute atomic E-state index is 11.3. The highest BCUT2D eigenvalue weighted by Gasteiger charge is 2.38. The Balaban J connectivity index is 1.67. The highest BCUT2D eigenvalue weighted by molar-refractivity contribution is 5.83. The zero-order valence-electron chi connectivity index (χ0n) is 15.4. The van der Waals surface area contributed by atoms with E-state index in [2.05, 4.69) is 37.1 Å². The number of piperidine rings is 1. The molecule has 0 saturated carbocycles. The van der Waals surface area contributed by atoms with Crippen LogP contribution in [0.1, 0.15) is 45.3 Å². The van der Waals surface area contributed by atoms with Crippen LogP contribution >= 0.6 is 0 Å². The van der Waals surface area contributed by atoms with Crippen molar-refractivity contribution in [3.05, 3.63) is 24.5 Å². The van der Waals surface area contributed by atoms with Crippen molar-refractivity contribution in [3.8, 4) is 0 Å². The summed E-state index contributed by atoms with van der Waals surface area (Å²) in [7, 11) is 0. The van der Waals surface area contributed by atoms with Crippen LogP contribution in [0.4, 0.5) is 5.82 Å². The SMILES string of the molecule is CCn1cnc2c(N3CCC[C@](O)(c4cn(C(C)C)nn4)C3)ncnc21. The minimum atomic E-state index is -1.05. The first kappa shape index (κ1) is 16.9. The average molecular weight is 356 g/mol. The van der Waals surface area contributed by atoms with E-state index in [1.54, 1.807) is 17.3 Å². The van der Waals surface area contributed by atoms with Crippen molar-refractivity contribution in [3.63, 3.8) is 0 Å². The zero-order chi connectivity index (χ0) is 18.3. The third-order valence-electron chi connectivity index (χ3n) is 5.01. The van der Waals surface area contributed by atoms with Gasteiger partial charge in [-0.15, -0.1) is 5.10 Å². The number of hydrogen-bond acceptors (Lipinski definition) is 7. The summed E-state index contributed by atoms with van der Waals surface area (Å²) in [6.45, 7) is 8.16. The van der Waals surface area contributed by atoms with Gasteiger partial charge in [0.1, 0.15) is 17.6 Å². The Labute approximate surface area is 151 Å². The number of aliphatic hydroxyl groups is 1. The lowest BCUT2D eigenvalue weighted by atomic mass is 9.90. The van der Waals surface area contributed by atoms with E-state index in [4.69, 9.17) is 0 Å². The second-order valence-corrected chi connectivity index (χ2v) is 7.13. The molecule has 0 radical (unpaired) electrons. The molecular weight excluding hydrogens is 332 g/mol. The second-order valence-electron chi connectivity index (χ2n) is 7.13. The summed E-state index contributed by atoms with van der Waals surface area (Å²) < 4.78 is 3.77. The monoisotopic (exact) mass is 356 g/mol. The molecule has 3 aromatic rings. The normalized spacial score (nSPS) is 21.0. The molecule has 1 saturated heterocycles. The number of β-amino-alcohol motifs (C(OH)–C–C–N with tert-alkyl or cyclic N) is 1. The van der Waals surface area contributed by atoms with E-state index < -0.39 is 5.60 Å². The molecule has 0 spiro atoms. The molecule has 0 amide bonds. The van der Waals surface area contributed by atoms with Crippen molar-refractivity contribution in [1.82, 2.24) is 34.5 Å². The van der Waals surface area contributed by atoms with E-state index in [9.17, 15) is 5.11 Å². The third-order valence-corrected chi connectivity index (χ3v) is 5.01. The van der Waals surface area contributed by atoms with Crippen molar-refractivity contribution in [2.24, 2.45) is 0 Å². The summed E-state index contributed by atoms with van der Waals surface area (Å²) in [5.41, 5.74) is 1.15. The quantitative estimate of drug-likeness (QED) is 0.756. The Bertz CT molecular complexity index is 917. The fourth-order valence-corrected chi connectivity index (χ4v) is 3.50. The summed E-state index contributed by atoms with van der Waals surface area (Å²) in [6.07, 6.45) is 6.68. The van der Waals surface area contributed by atoms with Crippen LogP contribution in [-0.4, -0.2) is 52.7 Å². The Hall–Kier alpha value is -2.55. The summed E-state index contributed by atoms with van der Waals surface area (Å²) in [6, 6.07) is 0.207. The summed E-state index contributed by atoms with van der Waals surface area (Å²) in [5.74, 6) is 0.761. The fourth-order valence-electron chi connectivity index (χ4n) is 3.50. The first-order valence-corrected chi connectivity index (χ1v) is 9.07. The lowest BCUT2D eigenvalue weighted by Crippen LogP contribution is -2.47. The number of aryl methyl sites for hydroxylation is 1. The van der Waals surface area contributed by atoms with Crippen molar-refractivity contribution in [1.29, 1.82) is 0 Å². The zero-order valence-corrected chi connectivity index (χ0v) is 15.4. The van der Waals surface area contributed by atoms with E-state index in [1.165, 1.54) is 0 Å². The lowest BCUT2D eigenvalue weighted by molar-refractivity contribution is 0.0175. The number of hydrogen-bond donors (Lipinski definition) is 1. The van der Waals surface area contributed by atoms with Gasteiger partial charge in [-0.25, -0.2) is 19.6 Å². The lowest BCUT2D eigenvalue weighted by Gasteiger charge is -2.38. The fraction of sp³-hybridized carbons (Fsp3) is 0.588. The maximum Gasteiger partial charge on any atom is 0.165 e. The van der Waals surface area contributed by atoms with Crippen LogP contribution in [0.2, 0.25) is 0 Å². The van der Waals surface area contributed by atoms with Crippen LogP contribution in [0.3, 0.4) is 0 Å². The van der Waals surface area contributed by atoms with Gasteiger partial charge in [0.05, 0.1) is 19.1 Å². The Kier molecular flexibility index (Phi) is 4.10. The molecule has 26 heavy (non-hydrogen) atoms. The molecule has 0 unspecified atom stereocenters. The molecule has 4 rings (SSSR count). The van der Waals surface area contributed by atoms with E-state index in [0.717, 1.165) is 36.5 Å². The average Bonchev–Trinajstić information content (AvgIpc) is 3.29. The standard InChI is InChI=1S/C17H24N8O/c1-4-23-11-20-14-15(23)18-10-19-16(14)24-7-5-6-17(26,9-24)13-8-25(12(2)3)22-21-13/h8,10-12,26H,4-7,9H2,1-3H3/t17-/m1/s1. The topological polar surface area (TPSA) is 97.8 Å². The molecule has 9 nitrogen and oxygen atoms in total. The third kappa shape index (κ3) is 2.72. The smallest absolute Gasteiger partial charge is 0.165 e. The molecular formula is C17H24N8O. The minimum Gasteiger partial charge on any atom is -0.382 e. The molecule has 0 bridgehead atoms. The van der Waals surface area contributed by atoms with Crippen LogP contribution < -0.4 is 4.90 Å². The van der Waals surface area contributed by atoms with Crippen LogP contribution in [0.25, 0.3) is 11.2 Å². The first-order valence-electron chi connectivity index (χ1n) is 9.07. The number of rotatable bonds is 4. The predicted octanol–water partition coefficient (Wildman–Crippen LogP) is 1.51. The summed E-state index contributed by atoms with van der Waals surface area (Å²) in [4.78, 5) is 15.4. The van der Waals surface area contributed by atoms with E-state index in [1.807, 2.05) is 24.6 Å². The van der Waals surface area contributed by atoms with Gasteiger partial charge in [-0.05, 0) is 33.6 Å². The van der Waals surface area contributed by atoms with Gasteiger partial charge in [0.2, 0.25) is 0 Å². The second kappa shape index (κ2) is 6.31. The van der Waals surface area contributed by atoms with Crippen molar-refractivity contribution < 1.29 is 5.11 Å². The van der Waals surface area contributed by atoms with Gasteiger partial charge in [0.15, 0.2) is 17.0 Å². The molecule has 0 aromatic carbocycles. The summed E-state index contributed by atoms with van der Waals surface area (Å²) >= 11 is 0. The molecule has 138 valence electrons. The molecule has 1 aliphatic rings. The number of fused-ring (bicyclic) bond motifs is 1. The molecule has 1 N–H and O–H groups in total. The molecule has 3 aromatic heterocycles. The van der Waals surface area contributed by atoms with Gasteiger partial charge in [-0.1, -0.05) is 5.21 Å². The minimum absolute atomic E-state index is 0.207. The Morgan fingerprint density at radius 3 is 2.85 bits per heavy atom. The number of aromatic nitrogens is 7. The molecule has 0 aliphatic carbocycles. The largest absolute Gasteiger partial charge is 0.382 e. The number of imidazole rings is 1. The Morgan fingerprint density at radius 2 is 2.12 bits per heavy atom. The van der Waals surface area contributed by atoms with Crippen molar-refractivity contribution in [2.45, 2.75) is 51.8 Å². The number of nitrogens with zero attached hydrogens (tertiary/aromatic N) is 8. The molecule has 4 heterocycles. The van der Waals surface area contributed by atoms with E-state index in [-0.39, 0.29) is 6.04 Å². The van der Waals surface area contributed by atoms with Gasteiger partial charge in [-0.3, -0.25) is 0 Å². The van der Waals surface area contributed by atoms with Crippen LogP contribution in [-0.2, 0) is 12.1 Å². The maximum atomic E-state index is 11.3. The highest BCUT2D eigenvalue weighted by Crippen LogP contribution is 2.34. The van der Waals surface area contributed by atoms with Gasteiger partial charge >= 0.3 is 0 Å². The van der Waals surface area contributed by atoms with Crippen molar-refractivity contribution >= 4 is 17.0 Å². The van der Waals surface area contributed by atoms with Gasteiger partial charge in [0.25, 0.3) is 0 Å². The van der Waals surface area contributed by atoms with E-state index >= 15 is 0 Å². The molecule has 1 fully saturated rings. The van der Waals surface area contributed by atoms with Crippen LogP contribution in [0.5, 0.6) is 0 Å². The molecule has 1 atom stereocenters. The summed E-state index contributed by atoms with van der Waals surface area (Å²) in [5, 5.41) is 19.6. The molecule has 1 aliphatic heterocycles. The van der Waals surface area contributed by atoms with Crippen molar-refractivity contribution in [2.75, 3.05) is 18.0 Å². The first-order chi connectivity index (χ1) is 12.5. The van der Waals surface area contributed by atoms with Gasteiger partial charge in [-0.2, -0.15) is 0 Å². The highest BCUT2D eigenvalue weighted by atomic mass is 16.3. The van der Waals surface area contributed by atoms with E-state index in [0.29, 0.717) is 18.7 Å². The molecule has 9 heteroatoms. The van der Waals surface area contributed by atoms with Gasteiger partial charge < -0.3 is 14.6 Å². The number of anilines is 1. The Morgan fingerprint density at radius 1 is 1.27 bits per heavy atom. The van der Waals surface area contributed by atoms with Crippen LogP contribution in [0.15, 0.2) is 18.9 Å². The predicted molar refractivity (Wildman–Crippen MR) is 96.7 cm³/mol. The van der Waals surface area contributed by atoms with Gasteiger partial charge in [0, 0.05) is 19.1 Å². The van der Waals surface area contributed by atoms with Crippen LogP contribution in [0, 0.1) is 0 Å².